The van der Waals surface area contributed by atoms with Gasteiger partial charge in [0, 0.05) is 13.7 Å². The van der Waals surface area contributed by atoms with Gasteiger partial charge in [-0.05, 0) is 35.7 Å². The zero-order chi connectivity index (χ0) is 19.4. The van der Waals surface area contributed by atoms with Crippen LogP contribution in [0.5, 0.6) is 0 Å². The summed E-state index contributed by atoms with van der Waals surface area (Å²) in [5.41, 5.74) is 1.30. The maximum atomic E-state index is 12.6. The second-order valence-electron chi connectivity index (χ2n) is 5.88. The van der Waals surface area contributed by atoms with Crippen molar-refractivity contribution < 1.29 is 26.3 Å². The zero-order valence-electron chi connectivity index (χ0n) is 14.4. The normalized spacial score (nSPS) is 13.6. The van der Waals surface area contributed by atoms with Gasteiger partial charge < -0.3 is 4.74 Å². The molecule has 0 saturated heterocycles. The molecule has 8 heteroatoms. The lowest BCUT2D eigenvalue weighted by molar-refractivity contribution is -0.137. The van der Waals surface area contributed by atoms with Crippen LogP contribution in [0.25, 0.3) is 0 Å². The van der Waals surface area contributed by atoms with Crippen molar-refractivity contribution in [3.8, 4) is 0 Å². The van der Waals surface area contributed by atoms with Gasteiger partial charge in [0.1, 0.15) is 0 Å². The summed E-state index contributed by atoms with van der Waals surface area (Å²) in [6, 6.07) is 11.5. The van der Waals surface area contributed by atoms with Crippen molar-refractivity contribution in [3.63, 3.8) is 0 Å². The summed E-state index contributed by atoms with van der Waals surface area (Å²) in [5, 5.41) is 0. The van der Waals surface area contributed by atoms with Gasteiger partial charge in [-0.1, -0.05) is 36.4 Å². The highest BCUT2D eigenvalue weighted by Crippen LogP contribution is 2.29. The molecule has 0 spiro atoms. The van der Waals surface area contributed by atoms with E-state index in [0.29, 0.717) is 0 Å². The molecule has 0 aliphatic carbocycles. The highest BCUT2D eigenvalue weighted by Gasteiger charge is 2.30. The maximum Gasteiger partial charge on any atom is 0.416 e. The molecule has 4 nitrogen and oxygen atoms in total. The number of halogens is 3. The van der Waals surface area contributed by atoms with E-state index in [1.54, 1.807) is 0 Å². The van der Waals surface area contributed by atoms with Gasteiger partial charge in [-0.25, -0.2) is 13.1 Å². The van der Waals surface area contributed by atoms with Crippen LogP contribution in [0, 0.1) is 6.92 Å². The monoisotopic (exact) mass is 387 g/mol. The summed E-state index contributed by atoms with van der Waals surface area (Å²) < 4.78 is 69.9. The van der Waals surface area contributed by atoms with Crippen molar-refractivity contribution in [1.82, 2.24) is 4.72 Å². The molecule has 1 atom stereocenters. The summed E-state index contributed by atoms with van der Waals surface area (Å²) in [7, 11) is -2.23. The van der Waals surface area contributed by atoms with Crippen LogP contribution in [0.4, 0.5) is 13.2 Å². The Morgan fingerprint density at radius 2 is 1.69 bits per heavy atom. The van der Waals surface area contributed by atoms with E-state index in [-0.39, 0.29) is 12.1 Å². The predicted octanol–water partition coefficient (Wildman–Crippen LogP) is 3.82. The van der Waals surface area contributed by atoms with Gasteiger partial charge in [-0.3, -0.25) is 0 Å². The number of alkyl halides is 3. The van der Waals surface area contributed by atoms with E-state index in [1.807, 2.05) is 31.2 Å². The van der Waals surface area contributed by atoms with Crippen LogP contribution >= 0.6 is 0 Å². The van der Waals surface area contributed by atoms with Gasteiger partial charge in [0.2, 0.25) is 10.0 Å². The van der Waals surface area contributed by atoms with Crippen LogP contribution < -0.4 is 4.72 Å². The molecule has 0 radical (unpaired) electrons. The average molecular weight is 387 g/mol. The number of methoxy groups -OCH3 is 1. The lowest BCUT2D eigenvalue weighted by atomic mass is 10.0. The zero-order valence-corrected chi connectivity index (χ0v) is 15.2. The highest BCUT2D eigenvalue weighted by atomic mass is 32.2. The van der Waals surface area contributed by atoms with Crippen LogP contribution in [-0.2, 0) is 26.7 Å². The minimum atomic E-state index is -4.45. The predicted molar refractivity (Wildman–Crippen MR) is 93.0 cm³/mol. The minimum absolute atomic E-state index is 0.0321. The maximum absolute atomic E-state index is 12.6. The summed E-state index contributed by atoms with van der Waals surface area (Å²) in [6.07, 6.45) is -4.91. The lowest BCUT2D eigenvalue weighted by Gasteiger charge is -2.18. The first-order chi connectivity index (χ1) is 12.1. The van der Waals surface area contributed by atoms with E-state index in [9.17, 15) is 21.6 Å². The second-order valence-corrected chi connectivity index (χ2v) is 7.69. The second kappa shape index (κ2) is 8.20. The van der Waals surface area contributed by atoms with E-state index >= 15 is 0 Å². The Morgan fingerprint density at radius 1 is 1.08 bits per heavy atom. The largest absolute Gasteiger partial charge is 0.416 e. The van der Waals surface area contributed by atoms with Crippen LogP contribution in [0.2, 0.25) is 0 Å². The lowest BCUT2D eigenvalue weighted by Crippen LogP contribution is -2.30. The molecule has 26 heavy (non-hydrogen) atoms. The van der Waals surface area contributed by atoms with Gasteiger partial charge in [0.25, 0.3) is 0 Å². The Morgan fingerprint density at radius 3 is 2.23 bits per heavy atom. The van der Waals surface area contributed by atoms with Crippen LogP contribution in [0.3, 0.4) is 0 Å². The van der Waals surface area contributed by atoms with Crippen LogP contribution in [-0.4, -0.2) is 22.1 Å². The van der Waals surface area contributed by atoms with Gasteiger partial charge in [-0.2, -0.15) is 13.2 Å². The van der Waals surface area contributed by atoms with Gasteiger partial charge >= 0.3 is 6.18 Å². The number of nitrogens with one attached hydrogen (secondary N) is 1. The van der Waals surface area contributed by atoms with E-state index in [2.05, 4.69) is 4.72 Å². The number of hydrogen-bond donors (Lipinski definition) is 1. The topological polar surface area (TPSA) is 55.4 Å². The molecular weight excluding hydrogens is 367 g/mol. The quantitative estimate of drug-likeness (QED) is 0.786. The number of ether oxygens (including phenoxy) is 1. The molecule has 142 valence electrons. The summed E-state index contributed by atoms with van der Waals surface area (Å²) >= 11 is 0. The van der Waals surface area contributed by atoms with Crippen molar-refractivity contribution in [2.75, 3.05) is 13.7 Å². The summed E-state index contributed by atoms with van der Waals surface area (Å²) in [5.74, 6) is -0.407. The number of hydrogen-bond acceptors (Lipinski definition) is 3. The third kappa shape index (κ3) is 5.55. The summed E-state index contributed by atoms with van der Waals surface area (Å²) in [6.45, 7) is 1.93. The molecule has 2 aromatic carbocycles. The molecular formula is C18H20F3NO3S. The van der Waals surface area contributed by atoms with E-state index in [1.165, 1.54) is 7.11 Å². The van der Waals surface area contributed by atoms with E-state index in [4.69, 9.17) is 4.74 Å². The first-order valence-corrected chi connectivity index (χ1v) is 9.49. The van der Waals surface area contributed by atoms with Crippen molar-refractivity contribution in [2.24, 2.45) is 0 Å². The SMILES string of the molecule is CO[C@H](CNS(=O)(=O)Cc1ccc(C(F)(F)F)cc1)c1ccccc1C. The number of rotatable bonds is 7. The third-order valence-electron chi connectivity index (χ3n) is 3.95. The molecule has 0 amide bonds. The Bertz CT molecular complexity index is 834. The number of sulfonamides is 1. The van der Waals surface area contributed by atoms with Crippen molar-refractivity contribution in [2.45, 2.75) is 25.0 Å². The Labute approximate surface area is 151 Å². The molecule has 1 N–H and O–H groups in total. The Balaban J connectivity index is 2.03. The molecule has 0 aromatic heterocycles. The molecule has 2 rings (SSSR count). The van der Waals surface area contributed by atoms with Crippen LogP contribution in [0.1, 0.15) is 28.4 Å². The van der Waals surface area contributed by atoms with Gasteiger partial charge in [-0.15, -0.1) is 0 Å². The first kappa shape index (κ1) is 20.4. The van der Waals surface area contributed by atoms with E-state index in [0.717, 1.165) is 35.4 Å². The van der Waals surface area contributed by atoms with Gasteiger partial charge in [0.05, 0.1) is 17.4 Å². The highest BCUT2D eigenvalue weighted by molar-refractivity contribution is 7.88. The van der Waals surface area contributed by atoms with Crippen molar-refractivity contribution in [3.05, 3.63) is 70.8 Å². The molecule has 0 aliphatic heterocycles. The fourth-order valence-electron chi connectivity index (χ4n) is 2.53. The average Bonchev–Trinajstić information content (AvgIpc) is 2.56. The van der Waals surface area contributed by atoms with Crippen molar-refractivity contribution in [1.29, 1.82) is 0 Å². The molecule has 2 aromatic rings. The summed E-state index contributed by atoms with van der Waals surface area (Å²) in [4.78, 5) is 0. The fourth-order valence-corrected chi connectivity index (χ4v) is 3.67. The molecule has 0 heterocycles. The third-order valence-corrected chi connectivity index (χ3v) is 5.27. The smallest absolute Gasteiger partial charge is 0.375 e. The minimum Gasteiger partial charge on any atom is -0.375 e. The Kier molecular flexibility index (Phi) is 6.44. The number of aryl methyl sites for hydroxylation is 1. The molecule has 0 unspecified atom stereocenters. The standard InChI is InChI=1S/C18H20F3NO3S/c1-13-5-3-4-6-16(13)17(25-2)11-22-26(23,24)12-14-7-9-15(10-8-14)18(19,20)21/h3-10,17,22H,11-12H2,1-2H3/t17-/m1/s1. The van der Waals surface area contributed by atoms with Gasteiger partial charge in [0.15, 0.2) is 0 Å². The molecule has 0 aliphatic rings. The molecule has 0 saturated carbocycles. The molecule has 0 fully saturated rings. The van der Waals surface area contributed by atoms with Crippen LogP contribution in [0.15, 0.2) is 48.5 Å². The van der Waals surface area contributed by atoms with E-state index < -0.39 is 33.6 Å². The number of benzene rings is 2. The fraction of sp³-hybridized carbons (Fsp3) is 0.333. The Hall–Kier alpha value is -1.90. The molecule has 0 bridgehead atoms. The first-order valence-electron chi connectivity index (χ1n) is 7.84. The van der Waals surface area contributed by atoms with Crippen molar-refractivity contribution >= 4 is 10.0 Å².